The van der Waals surface area contributed by atoms with E-state index < -0.39 is 0 Å². The van der Waals surface area contributed by atoms with Crippen LogP contribution in [0.5, 0.6) is 11.5 Å². The van der Waals surface area contributed by atoms with Gasteiger partial charge in [0, 0.05) is 19.1 Å². The molecule has 0 unspecified atom stereocenters. The number of hydrogen-bond donors (Lipinski definition) is 2. The largest absolute Gasteiger partial charge is 0.507 e. The Balaban J connectivity index is 2.60. The molecule has 0 aliphatic carbocycles. The molecule has 3 nitrogen and oxygen atoms in total. The zero-order chi connectivity index (χ0) is 12.0. The molecular formula is C12H12O3S. The maximum absolute atomic E-state index is 10.6. The second-order valence-electron chi connectivity index (χ2n) is 3.06. The fourth-order valence-corrected chi connectivity index (χ4v) is 1.54. The monoisotopic (exact) mass is 236 g/mol. The molecule has 1 rings (SSSR count). The quantitative estimate of drug-likeness (QED) is 0.610. The Hall–Kier alpha value is -1.60. The van der Waals surface area contributed by atoms with Crippen LogP contribution in [0.1, 0.15) is 18.9 Å². The van der Waals surface area contributed by atoms with Gasteiger partial charge in [-0.1, -0.05) is 29.7 Å². The molecule has 0 bridgehead atoms. The summed E-state index contributed by atoms with van der Waals surface area (Å²) in [7, 11) is 0. The van der Waals surface area contributed by atoms with E-state index in [1.165, 1.54) is 30.8 Å². The number of hydrogen-bond acceptors (Lipinski definition) is 4. The Labute approximate surface area is 98.5 Å². The van der Waals surface area contributed by atoms with Crippen molar-refractivity contribution in [2.24, 2.45) is 0 Å². The van der Waals surface area contributed by atoms with Crippen molar-refractivity contribution in [1.82, 2.24) is 0 Å². The summed E-state index contributed by atoms with van der Waals surface area (Å²) in [6.07, 6.45) is 0.540. The summed E-state index contributed by atoms with van der Waals surface area (Å²) in [6.45, 7) is 1.51. The maximum Gasteiger partial charge on any atom is 0.185 e. The van der Waals surface area contributed by atoms with Crippen LogP contribution in [0.3, 0.4) is 0 Å². The van der Waals surface area contributed by atoms with Gasteiger partial charge in [0.2, 0.25) is 0 Å². The van der Waals surface area contributed by atoms with Crippen LogP contribution in [0.15, 0.2) is 18.2 Å². The smallest absolute Gasteiger partial charge is 0.185 e. The minimum Gasteiger partial charge on any atom is -0.507 e. The lowest BCUT2D eigenvalue weighted by molar-refractivity contribution is -0.109. The zero-order valence-electron chi connectivity index (χ0n) is 8.86. The molecule has 0 saturated heterocycles. The number of thioether (sulfide) groups is 1. The topological polar surface area (TPSA) is 57.5 Å². The van der Waals surface area contributed by atoms with Gasteiger partial charge in [-0.2, -0.15) is 0 Å². The second-order valence-corrected chi connectivity index (χ2v) is 4.33. The third-order valence-electron chi connectivity index (χ3n) is 1.77. The Morgan fingerprint density at radius 3 is 2.56 bits per heavy atom. The van der Waals surface area contributed by atoms with E-state index in [0.717, 1.165) is 0 Å². The van der Waals surface area contributed by atoms with Gasteiger partial charge in [-0.3, -0.25) is 4.79 Å². The third kappa shape index (κ3) is 3.87. The average Bonchev–Trinajstić information content (AvgIpc) is 2.21. The predicted octanol–water partition coefficient (Wildman–Crippen LogP) is 2.12. The molecule has 0 spiro atoms. The molecule has 1 aromatic rings. The van der Waals surface area contributed by atoms with Gasteiger partial charge in [0.15, 0.2) is 5.12 Å². The van der Waals surface area contributed by atoms with E-state index in [1.807, 2.05) is 0 Å². The van der Waals surface area contributed by atoms with E-state index in [-0.39, 0.29) is 22.2 Å². The molecule has 4 heteroatoms. The first-order valence-corrected chi connectivity index (χ1v) is 5.73. The molecule has 0 atom stereocenters. The highest BCUT2D eigenvalue weighted by Gasteiger charge is 2.02. The molecule has 0 radical (unpaired) electrons. The van der Waals surface area contributed by atoms with Gasteiger partial charge < -0.3 is 10.2 Å². The minimum atomic E-state index is -0.0354. The number of phenolic OH excluding ortho intramolecular Hbond substituents is 2. The van der Waals surface area contributed by atoms with Crippen LogP contribution in [0.25, 0.3) is 0 Å². The summed E-state index contributed by atoms with van der Waals surface area (Å²) in [5.41, 5.74) is 0.232. The zero-order valence-corrected chi connectivity index (χ0v) is 9.67. The SMILES string of the molecule is CC(=O)SCCC#Cc1c(O)cccc1O. The number of aromatic hydroxyl groups is 2. The van der Waals surface area contributed by atoms with Crippen LogP contribution >= 0.6 is 11.8 Å². The first kappa shape index (κ1) is 12.5. The molecule has 0 aromatic heterocycles. The van der Waals surface area contributed by atoms with E-state index in [0.29, 0.717) is 12.2 Å². The van der Waals surface area contributed by atoms with Gasteiger partial charge in [0.1, 0.15) is 17.1 Å². The van der Waals surface area contributed by atoms with E-state index in [9.17, 15) is 15.0 Å². The molecule has 16 heavy (non-hydrogen) atoms. The molecule has 0 fully saturated rings. The lowest BCUT2D eigenvalue weighted by atomic mass is 10.2. The minimum absolute atomic E-state index is 0.0354. The average molecular weight is 236 g/mol. The van der Waals surface area contributed by atoms with Crippen molar-refractivity contribution in [3.63, 3.8) is 0 Å². The fraction of sp³-hybridized carbons (Fsp3) is 0.250. The van der Waals surface area contributed by atoms with Crippen molar-refractivity contribution >= 4 is 16.9 Å². The number of rotatable bonds is 2. The highest BCUT2D eigenvalue weighted by Crippen LogP contribution is 2.24. The summed E-state index contributed by atoms with van der Waals surface area (Å²) < 4.78 is 0. The van der Waals surface area contributed by atoms with Gasteiger partial charge in [0.25, 0.3) is 0 Å². The van der Waals surface area contributed by atoms with Gasteiger partial charge in [-0.05, 0) is 12.1 Å². The molecule has 0 aliphatic rings. The lowest BCUT2D eigenvalue weighted by Crippen LogP contribution is -1.84. The molecule has 2 N–H and O–H groups in total. The van der Waals surface area contributed by atoms with Crippen LogP contribution in [-0.2, 0) is 4.79 Å². The number of phenols is 2. The summed E-state index contributed by atoms with van der Waals surface area (Å²) in [5.74, 6) is 6.03. The standard InChI is InChI=1S/C12H12O3S/c1-9(13)16-8-3-2-5-10-11(14)6-4-7-12(10)15/h4,6-7,14-15H,3,8H2,1H3. The molecular weight excluding hydrogens is 224 g/mol. The van der Waals surface area contributed by atoms with Crippen molar-refractivity contribution in [1.29, 1.82) is 0 Å². The van der Waals surface area contributed by atoms with E-state index >= 15 is 0 Å². The highest BCUT2D eigenvalue weighted by atomic mass is 32.2. The Morgan fingerprint density at radius 1 is 1.38 bits per heavy atom. The van der Waals surface area contributed by atoms with E-state index in [4.69, 9.17) is 0 Å². The van der Waals surface area contributed by atoms with Crippen molar-refractivity contribution in [3.8, 4) is 23.3 Å². The van der Waals surface area contributed by atoms with Crippen LogP contribution in [0, 0.1) is 11.8 Å². The third-order valence-corrected chi connectivity index (χ3v) is 2.58. The Kier molecular flexibility index (Phi) is 4.74. The van der Waals surface area contributed by atoms with Crippen molar-refractivity contribution in [2.45, 2.75) is 13.3 Å². The molecule has 0 saturated carbocycles. The van der Waals surface area contributed by atoms with Crippen LogP contribution in [0.2, 0.25) is 0 Å². The summed E-state index contributed by atoms with van der Waals surface area (Å²) in [5, 5.41) is 18.9. The number of carbonyl (C=O) groups is 1. The van der Waals surface area contributed by atoms with Gasteiger partial charge >= 0.3 is 0 Å². The normalized spacial score (nSPS) is 9.31. The molecule has 0 amide bonds. The first-order valence-electron chi connectivity index (χ1n) is 4.74. The summed E-state index contributed by atoms with van der Waals surface area (Å²) in [4.78, 5) is 10.6. The number of benzene rings is 1. The second kappa shape index (κ2) is 6.09. The van der Waals surface area contributed by atoms with Gasteiger partial charge in [0.05, 0.1) is 0 Å². The highest BCUT2D eigenvalue weighted by molar-refractivity contribution is 8.13. The number of carbonyl (C=O) groups excluding carboxylic acids is 1. The van der Waals surface area contributed by atoms with E-state index in [1.54, 1.807) is 6.07 Å². The molecule has 84 valence electrons. The fourth-order valence-electron chi connectivity index (χ4n) is 1.05. The van der Waals surface area contributed by atoms with Gasteiger partial charge in [-0.15, -0.1) is 0 Å². The van der Waals surface area contributed by atoms with Crippen LogP contribution in [-0.4, -0.2) is 21.1 Å². The van der Waals surface area contributed by atoms with Crippen molar-refractivity contribution in [2.75, 3.05) is 5.75 Å². The molecule has 0 aliphatic heterocycles. The molecule has 0 heterocycles. The Bertz CT molecular complexity index is 423. The lowest BCUT2D eigenvalue weighted by Gasteiger charge is -1.98. The van der Waals surface area contributed by atoms with Crippen LogP contribution < -0.4 is 0 Å². The van der Waals surface area contributed by atoms with Gasteiger partial charge in [-0.25, -0.2) is 0 Å². The molecule has 1 aromatic carbocycles. The summed E-state index contributed by atoms with van der Waals surface area (Å²) >= 11 is 1.21. The van der Waals surface area contributed by atoms with Crippen LogP contribution in [0.4, 0.5) is 0 Å². The van der Waals surface area contributed by atoms with Crippen molar-refractivity contribution in [3.05, 3.63) is 23.8 Å². The maximum atomic E-state index is 10.6. The van der Waals surface area contributed by atoms with Crippen molar-refractivity contribution < 1.29 is 15.0 Å². The first-order chi connectivity index (χ1) is 7.61. The summed E-state index contributed by atoms with van der Waals surface area (Å²) in [6, 6.07) is 4.48. The Morgan fingerprint density at radius 2 is 2.00 bits per heavy atom. The van der Waals surface area contributed by atoms with E-state index in [2.05, 4.69) is 11.8 Å². The predicted molar refractivity (Wildman–Crippen MR) is 64.4 cm³/mol.